The molecule has 27 N–H and O–H groups in total. The van der Waals surface area contributed by atoms with Gasteiger partial charge in [-0.25, -0.2) is 4.79 Å². The summed E-state index contributed by atoms with van der Waals surface area (Å²) in [5.74, 6) is -0.259. The van der Waals surface area contributed by atoms with Gasteiger partial charge >= 0.3 is 16.6 Å². The van der Waals surface area contributed by atoms with Gasteiger partial charge in [-0.1, -0.05) is 148 Å². The average molecular weight is 1620 g/mol. The Labute approximate surface area is 652 Å². The van der Waals surface area contributed by atoms with Gasteiger partial charge < -0.3 is 88.5 Å². The molecule has 12 rings (SSSR count). The first-order chi connectivity index (χ1) is 51.0. The number of carboxylic acid groups (broad SMARTS) is 1. The Hall–Kier alpha value is -11.8. The van der Waals surface area contributed by atoms with E-state index in [1.54, 1.807) is 128 Å². The minimum atomic E-state index is -4.33. The highest BCUT2D eigenvalue weighted by atomic mass is 35.5. The number of anilines is 12. The number of rotatable bonds is 12. The minimum absolute atomic E-state index is 0.0113. The monoisotopic (exact) mass is 1620 g/mol. The quantitative estimate of drug-likeness (QED) is 0.0307. The normalized spacial score (nSPS) is 10.3. The number of carbonyl (C=O) groups excluding carboxylic acids is 1. The molecule has 32 heteroatoms. The van der Waals surface area contributed by atoms with Crippen LogP contribution in [0.25, 0.3) is 66.8 Å². The lowest BCUT2D eigenvalue weighted by Crippen LogP contribution is -2.02. The number of halogens is 6. The molecule has 0 amide bonds. The number of nitrogens with two attached hydrogens (primary N) is 12. The molecule has 0 aromatic heterocycles. The van der Waals surface area contributed by atoms with E-state index in [9.17, 15) is 27.7 Å². The zero-order valence-corrected chi connectivity index (χ0v) is 62.8. The van der Waals surface area contributed by atoms with Gasteiger partial charge in [0.1, 0.15) is 10.6 Å². The summed E-state index contributed by atoms with van der Waals surface area (Å²) in [6.07, 6.45) is 0. The summed E-state index contributed by atoms with van der Waals surface area (Å²) in [7, 11) is -5.86. The minimum Gasteiger partial charge on any atom is -0.495 e. The van der Waals surface area contributed by atoms with Crippen molar-refractivity contribution in [2.75, 3.05) is 75.9 Å². The Morgan fingerprint density at radius 2 is 0.713 bits per heavy atom. The Bertz CT molecular complexity index is 5250. The number of carbonyl (C=O) groups is 2. The molecule has 0 bridgehead atoms. The third-order valence-electron chi connectivity index (χ3n) is 15.1. The molecule has 0 radical (unpaired) electrons. The highest BCUT2D eigenvalue weighted by Crippen LogP contribution is 2.41. The number of aromatic carboxylic acids is 1. The lowest BCUT2D eigenvalue weighted by molar-refractivity contribution is -0.120. The van der Waals surface area contributed by atoms with Gasteiger partial charge in [0.15, 0.2) is 5.75 Å². The van der Waals surface area contributed by atoms with Gasteiger partial charge in [0, 0.05) is 56.4 Å². The van der Waals surface area contributed by atoms with Crippen LogP contribution in [0.2, 0.25) is 30.1 Å². The lowest BCUT2D eigenvalue weighted by Gasteiger charge is -2.11. The number of aliphatic hydroxyl groups is 1. The van der Waals surface area contributed by atoms with Crippen LogP contribution in [0, 0.1) is 0 Å². The molecular weight excluding hydrogens is 1550 g/mol. The molecule has 0 aliphatic carbocycles. The Kier molecular flexibility index (Phi) is 31.2. The Morgan fingerprint density at radius 3 is 1.10 bits per heavy atom. The zero-order chi connectivity index (χ0) is 79.9. The largest absolute Gasteiger partial charge is 0.495 e. The van der Waals surface area contributed by atoms with E-state index in [0.29, 0.717) is 120 Å². The van der Waals surface area contributed by atoms with Crippen molar-refractivity contribution in [2.24, 2.45) is 0 Å². The number of nitrogen functional groups attached to an aromatic ring is 12. The summed E-state index contributed by atoms with van der Waals surface area (Å²) in [5.41, 5.74) is 84.2. The van der Waals surface area contributed by atoms with E-state index in [-0.39, 0.29) is 40.7 Å². The van der Waals surface area contributed by atoms with Crippen LogP contribution >= 0.6 is 69.6 Å². The van der Waals surface area contributed by atoms with Crippen LogP contribution in [0.3, 0.4) is 0 Å². The van der Waals surface area contributed by atoms with E-state index in [1.807, 2.05) is 84.9 Å². The highest BCUT2D eigenvalue weighted by molar-refractivity contribution is 7.86. The fourth-order valence-corrected chi connectivity index (χ4v) is 11.5. The average Bonchev–Trinajstić information content (AvgIpc) is 0.809. The van der Waals surface area contributed by atoms with Crippen molar-refractivity contribution in [3.8, 4) is 78.3 Å². The van der Waals surface area contributed by atoms with Crippen LogP contribution in [0.1, 0.15) is 15.9 Å². The van der Waals surface area contributed by atoms with Crippen molar-refractivity contribution in [3.63, 3.8) is 0 Å². The number of hydrogen-bond donors (Lipinski definition) is 15. The number of benzene rings is 12. The molecule has 0 saturated heterocycles. The van der Waals surface area contributed by atoms with E-state index >= 15 is 0 Å². The number of hydrogen-bond acceptors (Lipinski definition) is 22. The number of ether oxygens (including phenoxy) is 2. The summed E-state index contributed by atoms with van der Waals surface area (Å²) in [6.45, 7) is 0.201. The molecule has 12 aromatic carbocycles. The van der Waals surface area contributed by atoms with Crippen LogP contribution in [0.15, 0.2) is 229 Å². The van der Waals surface area contributed by atoms with Crippen LogP contribution < -0.4 is 78.3 Å². The summed E-state index contributed by atoms with van der Waals surface area (Å²) >= 11 is 36.1. The van der Waals surface area contributed by atoms with Crippen molar-refractivity contribution in [2.45, 2.75) is 11.5 Å². The van der Waals surface area contributed by atoms with Gasteiger partial charge in [0.05, 0.1) is 83.5 Å². The summed E-state index contributed by atoms with van der Waals surface area (Å²) in [6, 6.07) is 64.5. The second kappa shape index (κ2) is 39.5. The second-order valence-electron chi connectivity index (χ2n) is 22.6. The third kappa shape index (κ3) is 24.7. The number of aliphatic hydroxyl groups excluding tert-OH is 1. The van der Waals surface area contributed by atoms with E-state index in [4.69, 9.17) is 166 Å². The van der Waals surface area contributed by atoms with Crippen LogP contribution in [0.5, 0.6) is 11.5 Å². The fourth-order valence-electron chi connectivity index (χ4n) is 9.56. The maximum atomic E-state index is 11.3. The smallest absolute Gasteiger partial charge is 0.425 e. The molecule has 0 heterocycles. The van der Waals surface area contributed by atoms with Crippen molar-refractivity contribution < 1.29 is 54.9 Å². The maximum absolute atomic E-state index is 11.3. The fraction of sp³-hybridized carbons (Fsp3) is 0.0263. The molecule has 0 atom stereocenters. The van der Waals surface area contributed by atoms with Gasteiger partial charge in [-0.2, -0.15) is 8.42 Å². The number of methoxy groups -OCH3 is 1. The van der Waals surface area contributed by atoms with E-state index < -0.39 is 26.7 Å². The second-order valence-corrected chi connectivity index (χ2v) is 26.8. The van der Waals surface area contributed by atoms with Gasteiger partial charge in [-0.3, -0.25) is 9.35 Å². The molecule has 0 fully saturated rings. The van der Waals surface area contributed by atoms with Crippen molar-refractivity contribution >= 4 is 171 Å². The Balaban J connectivity index is 0.000000201. The lowest BCUT2D eigenvalue weighted by atomic mass is 10.0. The van der Waals surface area contributed by atoms with Crippen LogP contribution in [-0.2, 0) is 32.1 Å². The first-order valence-corrected chi connectivity index (χ1v) is 35.6. The molecule has 560 valence electrons. The molecular formula is C76H70Cl6N12O12S2. The van der Waals surface area contributed by atoms with Crippen molar-refractivity contribution in [3.05, 3.63) is 266 Å². The van der Waals surface area contributed by atoms with Crippen molar-refractivity contribution in [1.29, 1.82) is 0 Å². The maximum Gasteiger partial charge on any atom is 0.425 e. The first-order valence-electron chi connectivity index (χ1n) is 30.9. The van der Waals surface area contributed by atoms with Gasteiger partial charge in [-0.05, 0) is 196 Å². The molecule has 12 aromatic rings. The summed E-state index contributed by atoms with van der Waals surface area (Å²) in [5, 5.41) is 21.0. The molecule has 24 nitrogen and oxygen atoms in total. The predicted octanol–water partition coefficient (Wildman–Crippen LogP) is 16.0. The topological polar surface area (TPSA) is 511 Å². The highest BCUT2D eigenvalue weighted by Gasteiger charge is 2.18. The molecule has 0 spiro atoms. The van der Waals surface area contributed by atoms with E-state index in [1.165, 1.54) is 18.2 Å². The van der Waals surface area contributed by atoms with E-state index in [2.05, 4.69) is 0 Å². The zero-order valence-electron chi connectivity index (χ0n) is 56.7. The Morgan fingerprint density at radius 1 is 0.380 bits per heavy atom. The standard InChI is InChI=1S/C14H12N2O4.C14H16N2O2.C12H8Cl4N2.C12H10Cl2N2.C12H12N2O3S.C12H12N2.O3S/c15-11-3-1-8(5-10(11)14(18)19)9-2-4-12(16)13(6-9)20-7-17;1-18-14-7-10(3-5-13(14)16)9-2-4-12(15)11(6-9)8-17;13-7-3-11(17)9(15)1-5(7)6-2-10(16)12(18)4-8(6)14;13-9-5-7(1-3-11(9)15)8-2-4-12(16)10(14)6-8;13-9-3-1-8(2-4-9)11-6-5-10(14)7-12(11)18(15,16)17;13-11-5-1-9(2-6-11)10-3-7-12(14)8-4-10;1-4(2)3/h1-7H,15-16H2,(H,18,19);2-7,17H,8,15-16H2,1H3;1-4H,17-18H2;1-6H,15-16H2;1-7H,13-14H2,(H,15,16,17);1-8H,13-14H2;. The summed E-state index contributed by atoms with van der Waals surface area (Å²) in [4.78, 5) is 21.2. The first kappa shape index (κ1) is 85.1. The SMILES string of the molecule is COc1cc(-c2ccc(N)c(CO)c2)ccc1N.Nc1cc(Cl)c(-c2cc(Cl)c(N)cc2Cl)cc1Cl.Nc1ccc(-c2ccc(N)c(C(=O)O)c2)cc1OC=O.Nc1ccc(-c2ccc(N)c(Cl)c2)cc1Cl.Nc1ccc(-c2ccc(N)cc2)cc1.Nc1ccc(-c2ccc(N)cc2S(=O)(=O)O)cc1.O=S(=O)=O. The van der Waals surface area contributed by atoms with Crippen LogP contribution in [0.4, 0.5) is 68.2 Å². The summed E-state index contributed by atoms with van der Waals surface area (Å²) < 4.78 is 67.1. The molecule has 108 heavy (non-hydrogen) atoms. The molecule has 0 aliphatic rings. The van der Waals surface area contributed by atoms with Crippen LogP contribution in [-0.4, -0.2) is 55.4 Å². The number of carboxylic acids is 1. The van der Waals surface area contributed by atoms with Crippen molar-refractivity contribution in [1.82, 2.24) is 0 Å². The molecule has 0 unspecified atom stereocenters. The van der Waals surface area contributed by atoms with Gasteiger partial charge in [0.25, 0.3) is 16.6 Å². The molecule has 0 aliphatic heterocycles. The predicted molar refractivity (Wildman–Crippen MR) is 440 cm³/mol. The van der Waals surface area contributed by atoms with Gasteiger partial charge in [0.2, 0.25) is 0 Å². The third-order valence-corrected chi connectivity index (χ3v) is 18.0. The van der Waals surface area contributed by atoms with E-state index in [0.717, 1.165) is 44.8 Å². The van der Waals surface area contributed by atoms with Gasteiger partial charge in [-0.15, -0.1) is 12.6 Å². The molecule has 0 saturated carbocycles.